The van der Waals surface area contributed by atoms with Gasteiger partial charge in [0.05, 0.1) is 23.1 Å². The highest BCUT2D eigenvalue weighted by Gasteiger charge is 2.24. The molecule has 0 aliphatic carbocycles. The van der Waals surface area contributed by atoms with E-state index in [1.165, 1.54) is 21.6 Å². The number of thiazole rings is 1. The molecule has 0 saturated carbocycles. The number of aromatic nitrogens is 1. The maximum absolute atomic E-state index is 5.68. The van der Waals surface area contributed by atoms with Gasteiger partial charge in [0, 0.05) is 12.7 Å². The average molecular weight is 232 g/mol. The first-order valence-corrected chi connectivity index (χ1v) is 6.10. The average Bonchev–Trinajstić information content (AvgIpc) is 2.97. The molecule has 3 rings (SSSR count). The van der Waals surface area contributed by atoms with Crippen molar-refractivity contribution in [3.8, 4) is 10.4 Å². The van der Waals surface area contributed by atoms with Crippen LogP contribution in [0.25, 0.3) is 10.4 Å². The lowest BCUT2D eigenvalue weighted by Gasteiger charge is -2.08. The summed E-state index contributed by atoms with van der Waals surface area (Å²) in [5.41, 5.74) is 11.3. The molecule has 1 aromatic carbocycles. The van der Waals surface area contributed by atoms with Crippen LogP contribution in [0.5, 0.6) is 0 Å². The lowest BCUT2D eigenvalue weighted by Crippen LogP contribution is -2.10. The highest BCUT2D eigenvalue weighted by molar-refractivity contribution is 7.13. The normalized spacial score (nSPS) is 18.7. The van der Waals surface area contributed by atoms with E-state index in [1.807, 2.05) is 11.7 Å². The van der Waals surface area contributed by atoms with Gasteiger partial charge in [0.2, 0.25) is 0 Å². The molecule has 82 valence electrons. The zero-order chi connectivity index (χ0) is 11.0. The first-order chi connectivity index (χ1) is 7.90. The van der Waals surface area contributed by atoms with Crippen LogP contribution >= 0.6 is 11.3 Å². The Kier molecular flexibility index (Phi) is 2.47. The van der Waals surface area contributed by atoms with Gasteiger partial charge in [-0.05, 0) is 16.7 Å². The van der Waals surface area contributed by atoms with Gasteiger partial charge in [-0.3, -0.25) is 4.98 Å². The minimum absolute atomic E-state index is 0.0582. The van der Waals surface area contributed by atoms with Crippen molar-refractivity contribution in [3.05, 3.63) is 41.0 Å². The van der Waals surface area contributed by atoms with E-state index in [-0.39, 0.29) is 6.10 Å². The molecule has 2 aromatic rings. The van der Waals surface area contributed by atoms with Crippen molar-refractivity contribution >= 4 is 11.3 Å². The number of benzene rings is 1. The second-order valence-corrected chi connectivity index (χ2v) is 4.66. The van der Waals surface area contributed by atoms with Crippen molar-refractivity contribution < 1.29 is 4.74 Å². The molecular weight excluding hydrogens is 220 g/mol. The molecule has 1 aliphatic rings. The Morgan fingerprint density at radius 2 is 2.44 bits per heavy atom. The van der Waals surface area contributed by atoms with E-state index >= 15 is 0 Å². The predicted octanol–water partition coefficient (Wildman–Crippen LogP) is 2.34. The third-order valence-corrected chi connectivity index (χ3v) is 3.71. The summed E-state index contributed by atoms with van der Waals surface area (Å²) in [5.74, 6) is 0. The Labute approximate surface area is 97.9 Å². The minimum atomic E-state index is 0.0582. The molecule has 1 aromatic heterocycles. The van der Waals surface area contributed by atoms with Crippen LogP contribution in [0.1, 0.15) is 17.2 Å². The molecule has 1 aliphatic heterocycles. The molecule has 2 N–H and O–H groups in total. The highest BCUT2D eigenvalue weighted by Crippen LogP contribution is 2.37. The fourth-order valence-electron chi connectivity index (χ4n) is 2.12. The van der Waals surface area contributed by atoms with E-state index in [0.29, 0.717) is 13.2 Å². The third kappa shape index (κ3) is 1.46. The lowest BCUT2D eigenvalue weighted by molar-refractivity contribution is 0.0725. The summed E-state index contributed by atoms with van der Waals surface area (Å²) in [6.07, 6.45) is 1.96. The molecule has 4 heteroatoms. The van der Waals surface area contributed by atoms with Crippen LogP contribution < -0.4 is 5.73 Å². The van der Waals surface area contributed by atoms with Crippen molar-refractivity contribution in [2.45, 2.75) is 12.7 Å². The molecule has 0 unspecified atom stereocenters. The number of ether oxygens (including phenoxy) is 1. The SMILES string of the molecule is NC[C@H]1OCc2c(-c3cncs3)cccc21. The number of rotatable bonds is 2. The van der Waals surface area contributed by atoms with Crippen LogP contribution in [0, 0.1) is 0 Å². The molecule has 0 radical (unpaired) electrons. The van der Waals surface area contributed by atoms with Gasteiger partial charge < -0.3 is 10.5 Å². The summed E-state index contributed by atoms with van der Waals surface area (Å²) in [7, 11) is 0. The Hall–Kier alpha value is -1.23. The van der Waals surface area contributed by atoms with Gasteiger partial charge in [0.15, 0.2) is 0 Å². The quantitative estimate of drug-likeness (QED) is 0.864. The van der Waals surface area contributed by atoms with Crippen LogP contribution in [-0.2, 0) is 11.3 Å². The van der Waals surface area contributed by atoms with E-state index in [2.05, 4.69) is 23.2 Å². The van der Waals surface area contributed by atoms with E-state index in [0.717, 1.165) is 0 Å². The summed E-state index contributed by atoms with van der Waals surface area (Å²) < 4.78 is 5.67. The van der Waals surface area contributed by atoms with Crippen LogP contribution in [-0.4, -0.2) is 11.5 Å². The number of nitrogens with two attached hydrogens (primary N) is 1. The van der Waals surface area contributed by atoms with Crippen LogP contribution in [0.3, 0.4) is 0 Å². The number of hydrogen-bond acceptors (Lipinski definition) is 4. The number of hydrogen-bond donors (Lipinski definition) is 1. The van der Waals surface area contributed by atoms with E-state index in [1.54, 1.807) is 11.3 Å². The standard InChI is InChI=1S/C12H12N2OS/c13-4-11-8-2-1-3-9(10(8)6-15-11)12-5-14-7-16-12/h1-3,5,7,11H,4,6,13H2/t11-/m1/s1. The van der Waals surface area contributed by atoms with Gasteiger partial charge in [-0.2, -0.15) is 0 Å². The molecule has 2 heterocycles. The second-order valence-electron chi connectivity index (χ2n) is 3.77. The Balaban J connectivity index is 2.12. The summed E-state index contributed by atoms with van der Waals surface area (Å²) in [5, 5.41) is 0. The maximum Gasteiger partial charge on any atom is 0.0955 e. The van der Waals surface area contributed by atoms with Crippen LogP contribution in [0.4, 0.5) is 0 Å². The predicted molar refractivity (Wildman–Crippen MR) is 64.1 cm³/mol. The fraction of sp³-hybridized carbons (Fsp3) is 0.250. The highest BCUT2D eigenvalue weighted by atomic mass is 32.1. The summed E-state index contributed by atoms with van der Waals surface area (Å²) in [6, 6.07) is 6.28. The molecule has 0 saturated heterocycles. The Bertz CT molecular complexity index is 496. The van der Waals surface area contributed by atoms with Gasteiger partial charge in [0.25, 0.3) is 0 Å². The third-order valence-electron chi connectivity index (χ3n) is 2.90. The fourth-order valence-corrected chi connectivity index (χ4v) is 2.79. The summed E-state index contributed by atoms with van der Waals surface area (Å²) in [6.45, 7) is 1.20. The number of nitrogens with zero attached hydrogens (tertiary/aromatic N) is 1. The first kappa shape index (κ1) is 9.96. The van der Waals surface area contributed by atoms with Crippen molar-refractivity contribution in [3.63, 3.8) is 0 Å². The minimum Gasteiger partial charge on any atom is -0.367 e. The second kappa shape index (κ2) is 3.97. The zero-order valence-corrected chi connectivity index (χ0v) is 9.54. The molecule has 0 amide bonds. The van der Waals surface area contributed by atoms with Gasteiger partial charge >= 0.3 is 0 Å². The van der Waals surface area contributed by atoms with Crippen LogP contribution in [0.15, 0.2) is 29.9 Å². The first-order valence-electron chi connectivity index (χ1n) is 5.22. The molecular formula is C12H12N2OS. The molecule has 16 heavy (non-hydrogen) atoms. The van der Waals surface area contributed by atoms with Crippen molar-refractivity contribution in [1.82, 2.24) is 4.98 Å². The van der Waals surface area contributed by atoms with Crippen LogP contribution in [0.2, 0.25) is 0 Å². The van der Waals surface area contributed by atoms with Gasteiger partial charge in [0.1, 0.15) is 0 Å². The molecule has 1 atom stereocenters. The summed E-state index contributed by atoms with van der Waals surface area (Å²) in [4.78, 5) is 5.31. The zero-order valence-electron chi connectivity index (χ0n) is 8.72. The Morgan fingerprint density at radius 1 is 1.50 bits per heavy atom. The molecule has 0 fully saturated rings. The summed E-state index contributed by atoms with van der Waals surface area (Å²) >= 11 is 1.65. The van der Waals surface area contributed by atoms with Crippen molar-refractivity contribution in [2.75, 3.05) is 6.54 Å². The number of fused-ring (bicyclic) bond motifs is 1. The van der Waals surface area contributed by atoms with E-state index < -0.39 is 0 Å². The molecule has 0 spiro atoms. The van der Waals surface area contributed by atoms with Gasteiger partial charge in [-0.15, -0.1) is 11.3 Å². The van der Waals surface area contributed by atoms with E-state index in [9.17, 15) is 0 Å². The van der Waals surface area contributed by atoms with Gasteiger partial charge in [-0.1, -0.05) is 18.2 Å². The monoisotopic (exact) mass is 232 g/mol. The van der Waals surface area contributed by atoms with Crippen molar-refractivity contribution in [1.29, 1.82) is 0 Å². The Morgan fingerprint density at radius 3 is 3.19 bits per heavy atom. The van der Waals surface area contributed by atoms with E-state index in [4.69, 9.17) is 10.5 Å². The molecule has 0 bridgehead atoms. The lowest BCUT2D eigenvalue weighted by atomic mass is 9.99. The van der Waals surface area contributed by atoms with Crippen molar-refractivity contribution in [2.24, 2.45) is 5.73 Å². The maximum atomic E-state index is 5.68. The topological polar surface area (TPSA) is 48.1 Å². The molecule has 3 nitrogen and oxygen atoms in total. The smallest absolute Gasteiger partial charge is 0.0955 e. The largest absolute Gasteiger partial charge is 0.367 e. The van der Waals surface area contributed by atoms with Gasteiger partial charge in [-0.25, -0.2) is 0 Å².